The molecule has 2 aromatic rings. The molecular formula is C19H23BFNO2. The first kappa shape index (κ1) is 17.0. The van der Waals surface area contributed by atoms with Gasteiger partial charge < -0.3 is 14.6 Å². The van der Waals surface area contributed by atoms with Crippen molar-refractivity contribution in [1.82, 2.24) is 0 Å². The molecule has 1 aliphatic rings. The van der Waals surface area contributed by atoms with Crippen LogP contribution in [0.2, 0.25) is 0 Å². The lowest BCUT2D eigenvalue weighted by Crippen LogP contribution is -2.41. The Labute approximate surface area is 143 Å². The molecule has 0 bridgehead atoms. The third-order valence-electron chi connectivity index (χ3n) is 4.87. The number of benzene rings is 2. The highest BCUT2D eigenvalue weighted by Gasteiger charge is 2.52. The average Bonchev–Trinajstić information content (AvgIpc) is 2.75. The second-order valence-electron chi connectivity index (χ2n) is 7.13. The largest absolute Gasteiger partial charge is 0.497 e. The molecule has 1 fully saturated rings. The van der Waals surface area contributed by atoms with Crippen molar-refractivity contribution < 1.29 is 13.7 Å². The summed E-state index contributed by atoms with van der Waals surface area (Å²) < 4.78 is 26.9. The highest BCUT2D eigenvalue weighted by molar-refractivity contribution is 6.62. The molecule has 1 aliphatic heterocycles. The fourth-order valence-corrected chi connectivity index (χ4v) is 2.64. The molecule has 1 saturated heterocycles. The molecule has 0 amide bonds. The molecule has 0 aromatic heterocycles. The molecule has 1 heterocycles. The molecule has 0 saturated carbocycles. The highest BCUT2D eigenvalue weighted by Crippen LogP contribution is 2.36. The van der Waals surface area contributed by atoms with Gasteiger partial charge in [0.2, 0.25) is 0 Å². The van der Waals surface area contributed by atoms with Crippen LogP contribution in [0.5, 0.6) is 0 Å². The van der Waals surface area contributed by atoms with E-state index in [1.54, 1.807) is 12.1 Å². The standard InChI is InChI=1S/C19H23BFNO2/c1-18(2)19(3,4)24-20(23-18)16-12-8-9-14(17(16)21)13-22-15-10-6-5-7-11-15/h5-12,22H,13H2,1-4H3. The maximum absolute atomic E-state index is 14.9. The molecule has 3 nitrogen and oxygen atoms in total. The number of para-hydroxylation sites is 1. The zero-order chi connectivity index (χ0) is 17.4. The number of anilines is 1. The Morgan fingerprint density at radius 3 is 2.17 bits per heavy atom. The molecule has 0 radical (unpaired) electrons. The molecule has 0 aliphatic carbocycles. The van der Waals surface area contributed by atoms with E-state index in [2.05, 4.69) is 5.32 Å². The van der Waals surface area contributed by atoms with Gasteiger partial charge in [-0.25, -0.2) is 4.39 Å². The minimum absolute atomic E-state index is 0.278. The zero-order valence-corrected chi connectivity index (χ0v) is 14.6. The van der Waals surface area contributed by atoms with Gasteiger partial charge in [-0.05, 0) is 39.8 Å². The molecule has 3 rings (SSSR count). The van der Waals surface area contributed by atoms with E-state index in [0.29, 0.717) is 17.6 Å². The summed E-state index contributed by atoms with van der Waals surface area (Å²) >= 11 is 0. The fraction of sp³-hybridized carbons (Fsp3) is 0.368. The van der Waals surface area contributed by atoms with E-state index in [-0.39, 0.29) is 5.82 Å². The van der Waals surface area contributed by atoms with Gasteiger partial charge in [-0.15, -0.1) is 0 Å². The molecule has 0 unspecified atom stereocenters. The topological polar surface area (TPSA) is 30.5 Å². The third kappa shape index (κ3) is 3.19. The predicted octanol–water partition coefficient (Wildman–Crippen LogP) is 3.74. The van der Waals surface area contributed by atoms with Crippen LogP contribution in [-0.4, -0.2) is 18.3 Å². The number of nitrogens with one attached hydrogen (secondary N) is 1. The summed E-state index contributed by atoms with van der Waals surface area (Å²) in [6, 6.07) is 15.1. The van der Waals surface area contributed by atoms with Crippen molar-refractivity contribution in [2.24, 2.45) is 0 Å². The lowest BCUT2D eigenvalue weighted by molar-refractivity contribution is 0.00578. The van der Waals surface area contributed by atoms with Crippen LogP contribution < -0.4 is 10.8 Å². The Bertz CT molecular complexity index is 703. The minimum atomic E-state index is -0.688. The van der Waals surface area contributed by atoms with Crippen LogP contribution in [0.15, 0.2) is 48.5 Å². The summed E-state index contributed by atoms with van der Waals surface area (Å²) in [6.45, 7) is 8.26. The Hall–Kier alpha value is -1.85. The summed E-state index contributed by atoms with van der Waals surface area (Å²) in [6.07, 6.45) is 0. The van der Waals surface area contributed by atoms with Crippen LogP contribution in [0.3, 0.4) is 0 Å². The smallest absolute Gasteiger partial charge is 0.399 e. The highest BCUT2D eigenvalue weighted by atomic mass is 19.1. The SMILES string of the molecule is CC1(C)OB(c2cccc(CNc3ccccc3)c2F)OC1(C)C. The van der Waals surface area contributed by atoms with Crippen molar-refractivity contribution >= 4 is 18.3 Å². The van der Waals surface area contributed by atoms with E-state index in [4.69, 9.17) is 9.31 Å². The molecule has 1 N–H and O–H groups in total. The fourth-order valence-electron chi connectivity index (χ4n) is 2.64. The van der Waals surface area contributed by atoms with Gasteiger partial charge in [0.1, 0.15) is 5.82 Å². The van der Waals surface area contributed by atoms with Crippen LogP contribution in [-0.2, 0) is 15.9 Å². The lowest BCUT2D eigenvalue weighted by atomic mass is 9.78. The van der Waals surface area contributed by atoms with E-state index < -0.39 is 18.3 Å². The predicted molar refractivity (Wildman–Crippen MR) is 95.9 cm³/mol. The third-order valence-corrected chi connectivity index (χ3v) is 4.87. The van der Waals surface area contributed by atoms with Gasteiger partial charge in [-0.2, -0.15) is 0 Å². The Kier molecular flexibility index (Phi) is 4.41. The lowest BCUT2D eigenvalue weighted by Gasteiger charge is -2.32. The molecule has 24 heavy (non-hydrogen) atoms. The normalized spacial score (nSPS) is 18.6. The second-order valence-corrected chi connectivity index (χ2v) is 7.13. The first-order valence-corrected chi connectivity index (χ1v) is 8.22. The molecular weight excluding hydrogens is 304 g/mol. The number of halogens is 1. The van der Waals surface area contributed by atoms with Gasteiger partial charge in [0, 0.05) is 23.3 Å². The number of rotatable bonds is 4. The number of hydrogen-bond acceptors (Lipinski definition) is 3. The van der Waals surface area contributed by atoms with Gasteiger partial charge in [0.15, 0.2) is 0 Å². The van der Waals surface area contributed by atoms with Crippen molar-refractivity contribution in [2.45, 2.75) is 45.4 Å². The molecule has 5 heteroatoms. The summed E-state index contributed by atoms with van der Waals surface area (Å²) in [5, 5.41) is 3.23. The Balaban J connectivity index is 1.79. The Morgan fingerprint density at radius 1 is 0.917 bits per heavy atom. The van der Waals surface area contributed by atoms with Crippen molar-refractivity contribution in [3.05, 3.63) is 59.9 Å². The van der Waals surface area contributed by atoms with E-state index in [9.17, 15) is 4.39 Å². The minimum Gasteiger partial charge on any atom is -0.399 e. The van der Waals surface area contributed by atoms with Crippen LogP contribution in [0.4, 0.5) is 10.1 Å². The van der Waals surface area contributed by atoms with E-state index in [1.165, 1.54) is 0 Å². The first-order valence-electron chi connectivity index (χ1n) is 8.22. The van der Waals surface area contributed by atoms with Crippen LogP contribution in [0.1, 0.15) is 33.3 Å². The van der Waals surface area contributed by atoms with Gasteiger partial charge in [0.25, 0.3) is 0 Å². The van der Waals surface area contributed by atoms with E-state index in [0.717, 1.165) is 5.69 Å². The van der Waals surface area contributed by atoms with Crippen LogP contribution in [0.25, 0.3) is 0 Å². The van der Waals surface area contributed by atoms with E-state index in [1.807, 2.05) is 64.1 Å². The maximum Gasteiger partial charge on any atom is 0.497 e. The van der Waals surface area contributed by atoms with Crippen molar-refractivity contribution in [3.8, 4) is 0 Å². The van der Waals surface area contributed by atoms with Gasteiger partial charge in [-0.3, -0.25) is 0 Å². The monoisotopic (exact) mass is 327 g/mol. The van der Waals surface area contributed by atoms with Crippen LogP contribution in [0, 0.1) is 5.82 Å². The van der Waals surface area contributed by atoms with Crippen molar-refractivity contribution in [1.29, 1.82) is 0 Å². The molecule has 126 valence electrons. The second kappa shape index (κ2) is 6.23. The molecule has 2 aromatic carbocycles. The average molecular weight is 327 g/mol. The Morgan fingerprint density at radius 2 is 1.54 bits per heavy atom. The van der Waals surface area contributed by atoms with Gasteiger partial charge in [0.05, 0.1) is 11.2 Å². The quantitative estimate of drug-likeness (QED) is 0.868. The van der Waals surface area contributed by atoms with Crippen LogP contribution >= 0.6 is 0 Å². The summed E-state index contributed by atoms with van der Waals surface area (Å²) in [5.41, 5.74) is 1.02. The van der Waals surface area contributed by atoms with E-state index >= 15 is 0 Å². The van der Waals surface area contributed by atoms with Crippen molar-refractivity contribution in [3.63, 3.8) is 0 Å². The summed E-state index contributed by atoms with van der Waals surface area (Å²) in [5.74, 6) is -0.278. The molecule has 0 atom stereocenters. The summed E-state index contributed by atoms with van der Waals surface area (Å²) in [4.78, 5) is 0. The summed E-state index contributed by atoms with van der Waals surface area (Å²) in [7, 11) is -0.688. The van der Waals surface area contributed by atoms with Crippen molar-refractivity contribution in [2.75, 3.05) is 5.32 Å². The van der Waals surface area contributed by atoms with Gasteiger partial charge >= 0.3 is 7.12 Å². The molecule has 0 spiro atoms. The van der Waals surface area contributed by atoms with Gasteiger partial charge in [-0.1, -0.05) is 36.4 Å². The zero-order valence-electron chi connectivity index (χ0n) is 14.6. The first-order chi connectivity index (χ1) is 11.3. The number of hydrogen-bond donors (Lipinski definition) is 1. The maximum atomic E-state index is 14.9.